The predicted molar refractivity (Wildman–Crippen MR) is 64.7 cm³/mol. The number of amides is 1. The number of carbonyl (C=O) groups is 2. The van der Waals surface area contributed by atoms with Crippen LogP contribution in [0.3, 0.4) is 0 Å². The lowest BCUT2D eigenvalue weighted by molar-refractivity contribution is -0.149. The molecule has 2 atom stereocenters. The van der Waals surface area contributed by atoms with Crippen LogP contribution in [0, 0.1) is 5.92 Å². The molecule has 1 aliphatic rings. The Bertz CT molecular complexity index is 291. The molecule has 0 saturated carbocycles. The Labute approximate surface area is 102 Å². The number of rotatable bonds is 5. The summed E-state index contributed by atoms with van der Waals surface area (Å²) < 4.78 is 0. The summed E-state index contributed by atoms with van der Waals surface area (Å²) in [5.74, 6) is -0.899. The fourth-order valence-electron chi connectivity index (χ4n) is 2.21. The summed E-state index contributed by atoms with van der Waals surface area (Å²) in [6.45, 7) is 7.09. The molecule has 0 aromatic rings. The van der Waals surface area contributed by atoms with E-state index >= 15 is 0 Å². The molecule has 1 heterocycles. The van der Waals surface area contributed by atoms with Gasteiger partial charge in [0.1, 0.15) is 6.04 Å². The summed E-state index contributed by atoms with van der Waals surface area (Å²) in [7, 11) is 0. The van der Waals surface area contributed by atoms with Crippen LogP contribution < -0.4 is 5.32 Å². The summed E-state index contributed by atoms with van der Waals surface area (Å²) in [5, 5.41) is 12.3. The molecule has 0 aromatic heterocycles. The van der Waals surface area contributed by atoms with Crippen molar-refractivity contribution < 1.29 is 14.7 Å². The average Bonchev–Trinajstić information content (AvgIpc) is 2.59. The fourth-order valence-corrected chi connectivity index (χ4v) is 2.21. The molecule has 2 N–H and O–H groups in total. The molecular formula is C12H22N2O3. The Morgan fingerprint density at radius 2 is 2.12 bits per heavy atom. The number of nitrogens with one attached hydrogen (secondary N) is 1. The minimum Gasteiger partial charge on any atom is -0.480 e. The van der Waals surface area contributed by atoms with Gasteiger partial charge in [-0.2, -0.15) is 0 Å². The minimum absolute atomic E-state index is 0.0505. The quantitative estimate of drug-likeness (QED) is 0.744. The van der Waals surface area contributed by atoms with Crippen LogP contribution in [0.1, 0.15) is 33.6 Å². The van der Waals surface area contributed by atoms with Gasteiger partial charge in [0.15, 0.2) is 0 Å². The lowest BCUT2D eigenvalue weighted by atomic mass is 10.0. The SMILES string of the molecule is CC(C)NCCC(=O)N1CCC(C)C1C(=O)O. The van der Waals surface area contributed by atoms with Crippen LogP contribution in [-0.4, -0.2) is 47.1 Å². The average molecular weight is 242 g/mol. The summed E-state index contributed by atoms with van der Waals surface area (Å²) in [4.78, 5) is 24.5. The highest BCUT2D eigenvalue weighted by molar-refractivity contribution is 5.84. The molecule has 1 fully saturated rings. The van der Waals surface area contributed by atoms with Gasteiger partial charge in [-0.1, -0.05) is 20.8 Å². The van der Waals surface area contributed by atoms with Crippen molar-refractivity contribution in [2.45, 2.75) is 45.7 Å². The van der Waals surface area contributed by atoms with Crippen molar-refractivity contribution in [3.05, 3.63) is 0 Å². The smallest absolute Gasteiger partial charge is 0.326 e. The Kier molecular flexibility index (Phi) is 4.93. The molecule has 98 valence electrons. The maximum atomic E-state index is 11.9. The topological polar surface area (TPSA) is 69.6 Å². The zero-order valence-corrected chi connectivity index (χ0v) is 10.8. The number of hydrogen-bond donors (Lipinski definition) is 2. The van der Waals surface area contributed by atoms with Crippen LogP contribution in [0.25, 0.3) is 0 Å². The highest BCUT2D eigenvalue weighted by Crippen LogP contribution is 2.24. The van der Waals surface area contributed by atoms with Crippen LogP contribution in [0.4, 0.5) is 0 Å². The van der Waals surface area contributed by atoms with E-state index < -0.39 is 12.0 Å². The molecule has 1 saturated heterocycles. The van der Waals surface area contributed by atoms with Crippen molar-refractivity contribution in [2.24, 2.45) is 5.92 Å². The maximum Gasteiger partial charge on any atom is 0.326 e. The van der Waals surface area contributed by atoms with E-state index in [1.54, 1.807) is 0 Å². The van der Waals surface area contributed by atoms with E-state index in [0.717, 1.165) is 6.42 Å². The lowest BCUT2D eigenvalue weighted by Gasteiger charge is -2.23. The van der Waals surface area contributed by atoms with Gasteiger partial charge in [-0.3, -0.25) is 4.79 Å². The van der Waals surface area contributed by atoms with Crippen molar-refractivity contribution in [3.63, 3.8) is 0 Å². The van der Waals surface area contributed by atoms with Crippen LogP contribution in [0.15, 0.2) is 0 Å². The summed E-state index contributed by atoms with van der Waals surface area (Å²) in [5.41, 5.74) is 0. The second-order valence-corrected chi connectivity index (χ2v) is 4.99. The Balaban J connectivity index is 2.48. The standard InChI is InChI=1S/C12H22N2O3/c1-8(2)13-6-4-10(15)14-7-5-9(3)11(14)12(16)17/h8-9,11,13H,4-7H2,1-3H3,(H,16,17). The molecule has 2 unspecified atom stereocenters. The van der Waals surface area contributed by atoms with Crippen LogP contribution in [0.5, 0.6) is 0 Å². The van der Waals surface area contributed by atoms with Gasteiger partial charge in [-0.15, -0.1) is 0 Å². The summed E-state index contributed by atoms with van der Waals surface area (Å²) in [6, 6.07) is -0.294. The number of likely N-dealkylation sites (tertiary alicyclic amines) is 1. The van der Waals surface area contributed by atoms with E-state index in [1.165, 1.54) is 4.90 Å². The van der Waals surface area contributed by atoms with Gasteiger partial charge in [0.25, 0.3) is 0 Å². The van der Waals surface area contributed by atoms with Crippen molar-refractivity contribution in [1.29, 1.82) is 0 Å². The van der Waals surface area contributed by atoms with Crippen molar-refractivity contribution >= 4 is 11.9 Å². The number of hydrogen-bond acceptors (Lipinski definition) is 3. The van der Waals surface area contributed by atoms with Gasteiger partial charge in [0.05, 0.1) is 0 Å². The zero-order chi connectivity index (χ0) is 13.0. The largest absolute Gasteiger partial charge is 0.480 e. The number of carboxylic acids is 1. The van der Waals surface area contributed by atoms with Crippen molar-refractivity contribution in [3.8, 4) is 0 Å². The van der Waals surface area contributed by atoms with Gasteiger partial charge in [-0.05, 0) is 12.3 Å². The molecular weight excluding hydrogens is 220 g/mol. The summed E-state index contributed by atoms with van der Waals surface area (Å²) >= 11 is 0. The molecule has 1 amide bonds. The first kappa shape index (κ1) is 14.0. The van der Waals surface area contributed by atoms with E-state index in [2.05, 4.69) is 5.32 Å². The Morgan fingerprint density at radius 1 is 1.47 bits per heavy atom. The third-order valence-electron chi connectivity index (χ3n) is 3.16. The van der Waals surface area contributed by atoms with Crippen molar-refractivity contribution in [2.75, 3.05) is 13.1 Å². The molecule has 0 radical (unpaired) electrons. The van der Waals surface area contributed by atoms with Gasteiger partial charge in [0, 0.05) is 25.6 Å². The van der Waals surface area contributed by atoms with Gasteiger partial charge < -0.3 is 15.3 Å². The number of nitrogens with zero attached hydrogens (tertiary/aromatic N) is 1. The number of carbonyl (C=O) groups excluding carboxylic acids is 1. The van der Waals surface area contributed by atoms with Gasteiger partial charge in [-0.25, -0.2) is 4.79 Å². The predicted octanol–water partition coefficient (Wildman–Crippen LogP) is 0.696. The highest BCUT2D eigenvalue weighted by Gasteiger charge is 2.38. The first-order valence-corrected chi connectivity index (χ1v) is 6.19. The zero-order valence-electron chi connectivity index (χ0n) is 10.8. The Morgan fingerprint density at radius 3 is 2.65 bits per heavy atom. The molecule has 0 bridgehead atoms. The third-order valence-corrected chi connectivity index (χ3v) is 3.16. The van der Waals surface area contributed by atoms with Crippen LogP contribution in [0.2, 0.25) is 0 Å². The number of aliphatic carboxylic acids is 1. The van der Waals surface area contributed by atoms with Gasteiger partial charge in [0.2, 0.25) is 5.91 Å². The van der Waals surface area contributed by atoms with E-state index in [0.29, 0.717) is 25.6 Å². The third kappa shape index (κ3) is 3.70. The molecule has 1 rings (SSSR count). The second kappa shape index (κ2) is 6.00. The lowest BCUT2D eigenvalue weighted by Crippen LogP contribution is -2.43. The molecule has 0 aromatic carbocycles. The molecule has 0 spiro atoms. The van der Waals surface area contributed by atoms with E-state index in [9.17, 15) is 9.59 Å². The molecule has 1 aliphatic heterocycles. The van der Waals surface area contributed by atoms with E-state index in [1.807, 2.05) is 20.8 Å². The molecule has 0 aliphatic carbocycles. The van der Waals surface area contributed by atoms with E-state index in [4.69, 9.17) is 5.11 Å². The second-order valence-electron chi connectivity index (χ2n) is 4.99. The molecule has 17 heavy (non-hydrogen) atoms. The van der Waals surface area contributed by atoms with Gasteiger partial charge >= 0.3 is 5.97 Å². The molecule has 5 nitrogen and oxygen atoms in total. The normalized spacial score (nSPS) is 24.4. The van der Waals surface area contributed by atoms with Crippen LogP contribution in [-0.2, 0) is 9.59 Å². The maximum absolute atomic E-state index is 11.9. The minimum atomic E-state index is -0.889. The number of carboxylic acid groups (broad SMARTS) is 1. The first-order valence-electron chi connectivity index (χ1n) is 6.19. The van der Waals surface area contributed by atoms with E-state index in [-0.39, 0.29) is 11.8 Å². The Hall–Kier alpha value is -1.10. The van der Waals surface area contributed by atoms with Crippen molar-refractivity contribution in [1.82, 2.24) is 10.2 Å². The molecule has 5 heteroatoms. The fraction of sp³-hybridized carbons (Fsp3) is 0.833. The highest BCUT2D eigenvalue weighted by atomic mass is 16.4. The summed E-state index contributed by atoms with van der Waals surface area (Å²) in [6.07, 6.45) is 1.15. The van der Waals surface area contributed by atoms with Crippen LogP contribution >= 0.6 is 0 Å². The monoisotopic (exact) mass is 242 g/mol. The first-order chi connectivity index (χ1) is 7.93.